The number of carbonyl (C=O) groups is 2. The van der Waals surface area contributed by atoms with Gasteiger partial charge in [-0.25, -0.2) is 9.78 Å². The number of hydrogen-bond acceptors (Lipinski definition) is 4. The highest BCUT2D eigenvalue weighted by Crippen LogP contribution is 2.47. The van der Waals surface area contributed by atoms with Gasteiger partial charge in [-0.3, -0.25) is 4.79 Å². The molecular formula is C18H26N2O3S. The van der Waals surface area contributed by atoms with E-state index in [-0.39, 0.29) is 23.2 Å². The molecule has 1 unspecified atom stereocenters. The molecule has 0 spiro atoms. The molecule has 1 aliphatic rings. The third kappa shape index (κ3) is 4.90. The number of carboxylic acids is 1. The van der Waals surface area contributed by atoms with E-state index in [0.717, 1.165) is 25.0 Å². The molecule has 1 saturated carbocycles. The smallest absolute Gasteiger partial charge is 0.327 e. The van der Waals surface area contributed by atoms with Crippen molar-refractivity contribution in [2.45, 2.75) is 52.9 Å². The van der Waals surface area contributed by atoms with Crippen molar-refractivity contribution in [1.29, 1.82) is 0 Å². The lowest BCUT2D eigenvalue weighted by Crippen LogP contribution is -2.30. The topological polar surface area (TPSA) is 79.3 Å². The van der Waals surface area contributed by atoms with Gasteiger partial charge in [0.2, 0.25) is 5.91 Å². The summed E-state index contributed by atoms with van der Waals surface area (Å²) in [6, 6.07) is 0. The first kappa shape index (κ1) is 18.6. The second kappa shape index (κ2) is 7.47. The first-order valence-electron chi connectivity index (χ1n) is 8.31. The van der Waals surface area contributed by atoms with E-state index in [1.165, 1.54) is 24.3 Å². The minimum Gasteiger partial charge on any atom is -0.478 e. The number of thiazole rings is 1. The van der Waals surface area contributed by atoms with Crippen molar-refractivity contribution < 1.29 is 14.7 Å². The van der Waals surface area contributed by atoms with E-state index in [4.69, 9.17) is 5.11 Å². The Bertz CT molecular complexity index is 630. The number of hydrogen-bond donors (Lipinski definition) is 2. The largest absolute Gasteiger partial charge is 0.478 e. The Balaban J connectivity index is 2.24. The molecule has 0 bridgehead atoms. The second-order valence-corrected chi connectivity index (χ2v) is 8.46. The van der Waals surface area contributed by atoms with Crippen LogP contribution >= 0.6 is 11.3 Å². The molecule has 0 aromatic carbocycles. The number of rotatable bonds is 4. The lowest BCUT2D eigenvalue weighted by molar-refractivity contribution is -0.131. The SMILES string of the molecule is CC(=O)Nc1nc([C@@H]2C[C@@H](C(C)(C)C)CCC2/C=C/C(=O)O)cs1. The molecule has 0 saturated heterocycles. The summed E-state index contributed by atoms with van der Waals surface area (Å²) in [5, 5.41) is 14.3. The van der Waals surface area contributed by atoms with Crippen LogP contribution in [0, 0.1) is 17.3 Å². The molecule has 0 radical (unpaired) electrons. The molecule has 2 rings (SSSR count). The van der Waals surface area contributed by atoms with Gasteiger partial charge < -0.3 is 10.4 Å². The van der Waals surface area contributed by atoms with Crippen LogP contribution in [0.4, 0.5) is 5.13 Å². The number of carbonyl (C=O) groups excluding carboxylic acids is 1. The molecule has 5 nitrogen and oxygen atoms in total. The standard InChI is InChI=1S/C18H26N2O3S/c1-11(21)19-17-20-15(10-24-17)14-9-13(18(2,3)4)7-5-12(14)6-8-16(22)23/h6,8,10,12-14H,5,7,9H2,1-4H3,(H,22,23)(H,19,20,21)/b8-6+/t12?,13-,14+/m0/s1. The third-order valence-corrected chi connectivity index (χ3v) is 5.58. The van der Waals surface area contributed by atoms with E-state index < -0.39 is 5.97 Å². The molecule has 132 valence electrons. The maximum absolute atomic E-state index is 11.2. The molecule has 1 amide bonds. The average molecular weight is 350 g/mol. The number of nitrogens with one attached hydrogen (secondary N) is 1. The van der Waals surface area contributed by atoms with E-state index in [0.29, 0.717) is 11.0 Å². The third-order valence-electron chi connectivity index (χ3n) is 4.80. The first-order chi connectivity index (χ1) is 11.2. The van der Waals surface area contributed by atoms with Gasteiger partial charge in [-0.15, -0.1) is 11.3 Å². The number of aromatic nitrogens is 1. The minimum atomic E-state index is -0.913. The Hall–Kier alpha value is -1.69. The molecule has 0 aliphatic heterocycles. The van der Waals surface area contributed by atoms with Crippen molar-refractivity contribution in [2.24, 2.45) is 17.3 Å². The summed E-state index contributed by atoms with van der Waals surface area (Å²) < 4.78 is 0. The van der Waals surface area contributed by atoms with Gasteiger partial charge >= 0.3 is 5.97 Å². The number of carboxylic acid groups (broad SMARTS) is 1. The summed E-state index contributed by atoms with van der Waals surface area (Å²) in [4.78, 5) is 26.7. The quantitative estimate of drug-likeness (QED) is 0.794. The highest BCUT2D eigenvalue weighted by molar-refractivity contribution is 7.13. The van der Waals surface area contributed by atoms with Gasteiger partial charge in [-0.1, -0.05) is 26.8 Å². The Labute approximate surface area is 147 Å². The summed E-state index contributed by atoms with van der Waals surface area (Å²) in [7, 11) is 0. The molecule has 1 aromatic heterocycles. The van der Waals surface area contributed by atoms with Crippen molar-refractivity contribution in [3.8, 4) is 0 Å². The molecule has 3 atom stereocenters. The van der Waals surface area contributed by atoms with Crippen LogP contribution < -0.4 is 5.32 Å². The summed E-state index contributed by atoms with van der Waals surface area (Å²) in [5.41, 5.74) is 1.17. The van der Waals surface area contributed by atoms with Gasteiger partial charge in [0, 0.05) is 24.3 Å². The van der Waals surface area contributed by atoms with Crippen LogP contribution in [0.2, 0.25) is 0 Å². The lowest BCUT2D eigenvalue weighted by Gasteiger charge is -2.40. The highest BCUT2D eigenvalue weighted by Gasteiger charge is 2.36. The molecule has 24 heavy (non-hydrogen) atoms. The van der Waals surface area contributed by atoms with E-state index in [9.17, 15) is 9.59 Å². The highest BCUT2D eigenvalue weighted by atomic mass is 32.1. The molecule has 1 aliphatic carbocycles. The number of aliphatic carboxylic acids is 1. The molecule has 1 aromatic rings. The van der Waals surface area contributed by atoms with Gasteiger partial charge in [0.05, 0.1) is 5.69 Å². The maximum Gasteiger partial charge on any atom is 0.327 e. The number of amides is 1. The first-order valence-corrected chi connectivity index (χ1v) is 9.19. The normalized spacial score (nSPS) is 24.9. The van der Waals surface area contributed by atoms with E-state index in [1.54, 1.807) is 0 Å². The fourth-order valence-corrected chi connectivity index (χ4v) is 4.24. The zero-order valence-corrected chi connectivity index (χ0v) is 15.5. The number of nitrogens with zero attached hydrogens (tertiary/aromatic N) is 1. The molecule has 2 N–H and O–H groups in total. The Morgan fingerprint density at radius 2 is 2.08 bits per heavy atom. The van der Waals surface area contributed by atoms with Crippen LogP contribution in [0.3, 0.4) is 0 Å². The second-order valence-electron chi connectivity index (χ2n) is 7.60. The molecule has 1 fully saturated rings. The fraction of sp³-hybridized carbons (Fsp3) is 0.611. The average Bonchev–Trinajstić information content (AvgIpc) is 2.91. The van der Waals surface area contributed by atoms with E-state index in [2.05, 4.69) is 31.1 Å². The molecule has 6 heteroatoms. The predicted octanol–water partition coefficient (Wildman–Crippen LogP) is 4.29. The van der Waals surface area contributed by atoms with Crippen LogP contribution in [0.5, 0.6) is 0 Å². The number of anilines is 1. The minimum absolute atomic E-state index is 0.130. The fourth-order valence-electron chi connectivity index (χ4n) is 3.42. The summed E-state index contributed by atoms with van der Waals surface area (Å²) in [6.07, 6.45) is 6.10. The zero-order chi connectivity index (χ0) is 17.9. The van der Waals surface area contributed by atoms with Gasteiger partial charge in [0.25, 0.3) is 0 Å². The van der Waals surface area contributed by atoms with Crippen molar-refractivity contribution in [3.05, 3.63) is 23.2 Å². The maximum atomic E-state index is 11.2. The summed E-state index contributed by atoms with van der Waals surface area (Å²) >= 11 is 1.42. The molecule has 1 heterocycles. The molecular weight excluding hydrogens is 324 g/mol. The van der Waals surface area contributed by atoms with Crippen molar-refractivity contribution >= 4 is 28.3 Å². The summed E-state index contributed by atoms with van der Waals surface area (Å²) in [6.45, 7) is 8.24. The Morgan fingerprint density at radius 3 is 2.67 bits per heavy atom. The van der Waals surface area contributed by atoms with E-state index in [1.807, 2.05) is 11.5 Å². The Morgan fingerprint density at radius 1 is 1.38 bits per heavy atom. The lowest BCUT2D eigenvalue weighted by atomic mass is 9.65. The predicted molar refractivity (Wildman–Crippen MR) is 96.2 cm³/mol. The van der Waals surface area contributed by atoms with Crippen molar-refractivity contribution in [2.75, 3.05) is 5.32 Å². The van der Waals surface area contributed by atoms with Crippen LogP contribution in [-0.2, 0) is 9.59 Å². The van der Waals surface area contributed by atoms with E-state index >= 15 is 0 Å². The van der Waals surface area contributed by atoms with Gasteiger partial charge in [-0.05, 0) is 36.5 Å². The van der Waals surface area contributed by atoms with Crippen LogP contribution in [0.15, 0.2) is 17.5 Å². The Kier molecular flexibility index (Phi) is 5.80. The van der Waals surface area contributed by atoms with Gasteiger partial charge in [0.1, 0.15) is 0 Å². The van der Waals surface area contributed by atoms with Crippen LogP contribution in [0.1, 0.15) is 58.6 Å². The van der Waals surface area contributed by atoms with Crippen molar-refractivity contribution in [3.63, 3.8) is 0 Å². The van der Waals surface area contributed by atoms with Crippen molar-refractivity contribution in [1.82, 2.24) is 4.98 Å². The van der Waals surface area contributed by atoms with Crippen LogP contribution in [-0.4, -0.2) is 22.0 Å². The summed E-state index contributed by atoms with van der Waals surface area (Å²) in [5.74, 6) is -0.106. The zero-order valence-electron chi connectivity index (χ0n) is 14.7. The van der Waals surface area contributed by atoms with Gasteiger partial charge in [0.15, 0.2) is 5.13 Å². The van der Waals surface area contributed by atoms with Gasteiger partial charge in [-0.2, -0.15) is 0 Å². The monoisotopic (exact) mass is 350 g/mol. The number of allylic oxidation sites excluding steroid dienone is 1. The van der Waals surface area contributed by atoms with Crippen LogP contribution in [0.25, 0.3) is 0 Å².